The molecule has 0 spiro atoms. The van der Waals surface area contributed by atoms with E-state index < -0.39 is 10.0 Å². The number of methoxy groups -OCH3 is 2. The van der Waals surface area contributed by atoms with E-state index in [0.717, 1.165) is 17.5 Å². The third-order valence-electron chi connectivity index (χ3n) is 6.49. The Morgan fingerprint density at radius 1 is 1.08 bits per heavy atom. The van der Waals surface area contributed by atoms with Gasteiger partial charge in [-0.15, -0.1) is 0 Å². The normalized spacial score (nSPS) is 18.7. The zero-order valence-corrected chi connectivity index (χ0v) is 22.3. The van der Waals surface area contributed by atoms with E-state index >= 15 is 0 Å². The number of hydrogen-bond donors (Lipinski definition) is 0. The van der Waals surface area contributed by atoms with Crippen LogP contribution in [0.4, 0.5) is 5.13 Å². The van der Waals surface area contributed by atoms with Crippen LogP contribution in [0.5, 0.6) is 11.5 Å². The van der Waals surface area contributed by atoms with Crippen molar-refractivity contribution in [3.63, 3.8) is 0 Å². The minimum absolute atomic E-state index is 0.110. The van der Waals surface area contributed by atoms with Crippen LogP contribution >= 0.6 is 11.3 Å². The number of amides is 1. The summed E-state index contributed by atoms with van der Waals surface area (Å²) < 4.78 is 50.3. The van der Waals surface area contributed by atoms with Gasteiger partial charge in [0.15, 0.2) is 5.13 Å². The fourth-order valence-corrected chi connectivity index (χ4v) is 6.98. The molecular weight excluding hydrogens is 518 g/mol. The summed E-state index contributed by atoms with van der Waals surface area (Å²) in [5.74, 6) is 0.935. The average Bonchev–Trinajstić information content (AvgIpc) is 3.62. The van der Waals surface area contributed by atoms with Crippen LogP contribution < -0.4 is 14.4 Å². The third-order valence-corrected chi connectivity index (χ3v) is 9.50. The Balaban J connectivity index is 1.48. The number of ether oxygens (including phenoxy) is 4. The second kappa shape index (κ2) is 10.9. The lowest BCUT2D eigenvalue weighted by atomic mass is 10.2. The highest BCUT2D eigenvalue weighted by Crippen LogP contribution is 2.40. The lowest BCUT2D eigenvalue weighted by Crippen LogP contribution is -2.40. The molecule has 1 atom stereocenters. The van der Waals surface area contributed by atoms with Crippen molar-refractivity contribution >= 4 is 42.6 Å². The molecule has 2 aliphatic heterocycles. The molecule has 1 amide bonds. The van der Waals surface area contributed by atoms with E-state index in [1.807, 2.05) is 6.07 Å². The fourth-order valence-electron chi connectivity index (χ4n) is 4.49. The van der Waals surface area contributed by atoms with Crippen molar-refractivity contribution in [3.05, 3.63) is 42.0 Å². The van der Waals surface area contributed by atoms with Gasteiger partial charge >= 0.3 is 0 Å². The van der Waals surface area contributed by atoms with Gasteiger partial charge in [-0.3, -0.25) is 9.69 Å². The van der Waals surface area contributed by atoms with Crippen molar-refractivity contribution in [2.45, 2.75) is 23.8 Å². The van der Waals surface area contributed by atoms with E-state index in [9.17, 15) is 13.2 Å². The number of nitrogens with zero attached hydrogens (tertiary/aromatic N) is 3. The molecule has 2 aromatic carbocycles. The van der Waals surface area contributed by atoms with Crippen molar-refractivity contribution in [2.24, 2.45) is 0 Å². The smallest absolute Gasteiger partial charge is 0.260 e. The predicted octanol–water partition coefficient (Wildman–Crippen LogP) is 3.16. The summed E-state index contributed by atoms with van der Waals surface area (Å²) in [7, 11) is -0.501. The van der Waals surface area contributed by atoms with Crippen LogP contribution in [0.2, 0.25) is 0 Å². The van der Waals surface area contributed by atoms with Gasteiger partial charge < -0.3 is 18.9 Å². The molecule has 0 N–H and O–H groups in total. The summed E-state index contributed by atoms with van der Waals surface area (Å²) in [5.41, 5.74) is 0.969. The minimum Gasteiger partial charge on any atom is -0.495 e. The minimum atomic E-state index is -3.66. The Kier molecular flexibility index (Phi) is 7.63. The van der Waals surface area contributed by atoms with Crippen LogP contribution in [0.1, 0.15) is 23.2 Å². The Morgan fingerprint density at radius 3 is 2.43 bits per heavy atom. The Labute approximate surface area is 219 Å². The molecule has 3 heterocycles. The molecule has 198 valence electrons. The molecule has 12 heteroatoms. The number of morpholine rings is 1. The zero-order chi connectivity index (χ0) is 26.0. The molecule has 2 aliphatic rings. The van der Waals surface area contributed by atoms with Crippen LogP contribution in [0.25, 0.3) is 10.2 Å². The highest BCUT2D eigenvalue weighted by Gasteiger charge is 2.30. The van der Waals surface area contributed by atoms with Gasteiger partial charge in [0, 0.05) is 25.3 Å². The van der Waals surface area contributed by atoms with Gasteiger partial charge in [-0.05, 0) is 49.2 Å². The van der Waals surface area contributed by atoms with E-state index in [4.69, 9.17) is 23.9 Å². The summed E-state index contributed by atoms with van der Waals surface area (Å²) in [6, 6.07) is 9.65. The number of anilines is 1. The largest absolute Gasteiger partial charge is 0.495 e. The van der Waals surface area contributed by atoms with Crippen LogP contribution in [0.3, 0.4) is 0 Å². The van der Waals surface area contributed by atoms with Crippen LogP contribution in [0.15, 0.2) is 41.3 Å². The average molecular weight is 548 g/mol. The van der Waals surface area contributed by atoms with Crippen molar-refractivity contribution in [1.29, 1.82) is 0 Å². The predicted molar refractivity (Wildman–Crippen MR) is 139 cm³/mol. The first-order valence-electron chi connectivity index (χ1n) is 12.1. The van der Waals surface area contributed by atoms with Gasteiger partial charge in [0.2, 0.25) is 10.0 Å². The molecule has 3 aromatic rings. The van der Waals surface area contributed by atoms with E-state index in [1.54, 1.807) is 37.3 Å². The van der Waals surface area contributed by atoms with Gasteiger partial charge in [-0.2, -0.15) is 4.31 Å². The maximum absolute atomic E-state index is 13.8. The molecule has 1 unspecified atom stereocenters. The molecule has 0 aliphatic carbocycles. The Bertz CT molecular complexity index is 1320. The zero-order valence-electron chi connectivity index (χ0n) is 20.7. The molecule has 2 fully saturated rings. The van der Waals surface area contributed by atoms with E-state index in [0.29, 0.717) is 67.2 Å². The quantitative estimate of drug-likeness (QED) is 0.423. The molecule has 0 radical (unpaired) electrons. The van der Waals surface area contributed by atoms with Gasteiger partial charge in [-0.25, -0.2) is 13.4 Å². The molecule has 1 aromatic heterocycles. The molecule has 5 rings (SSSR count). The number of aromatic nitrogens is 1. The van der Waals surface area contributed by atoms with E-state index in [2.05, 4.69) is 0 Å². The standard InChI is InChI=1S/C25H29N3O7S2/c1-32-20-9-10-21(33-2)23-22(20)26-25(36-23)28(16-18-4-3-13-35-18)24(29)17-5-7-19(8-6-17)37(30,31)27-11-14-34-15-12-27/h5-10,18H,3-4,11-16H2,1-2H3. The molecular formula is C25H29N3O7S2. The number of thiazole rings is 1. The molecule has 37 heavy (non-hydrogen) atoms. The number of carbonyl (C=O) groups is 1. The maximum atomic E-state index is 13.8. The highest BCUT2D eigenvalue weighted by atomic mass is 32.2. The van der Waals surface area contributed by atoms with Gasteiger partial charge in [-0.1, -0.05) is 11.3 Å². The van der Waals surface area contributed by atoms with Gasteiger partial charge in [0.1, 0.15) is 21.7 Å². The summed E-state index contributed by atoms with van der Waals surface area (Å²) in [5, 5.41) is 0.489. The van der Waals surface area contributed by atoms with Crippen molar-refractivity contribution in [2.75, 3.05) is 58.6 Å². The highest BCUT2D eigenvalue weighted by molar-refractivity contribution is 7.89. The first-order valence-corrected chi connectivity index (χ1v) is 14.3. The Morgan fingerprint density at radius 2 is 1.78 bits per heavy atom. The summed E-state index contributed by atoms with van der Waals surface area (Å²) in [6.45, 7) is 2.34. The van der Waals surface area contributed by atoms with Gasteiger partial charge in [0.05, 0.1) is 45.0 Å². The molecule has 0 bridgehead atoms. The van der Waals surface area contributed by atoms with Gasteiger partial charge in [0.25, 0.3) is 5.91 Å². The first kappa shape index (κ1) is 25.9. The monoisotopic (exact) mass is 547 g/mol. The lowest BCUT2D eigenvalue weighted by molar-refractivity contribution is 0.0730. The number of hydrogen-bond acceptors (Lipinski definition) is 9. The van der Waals surface area contributed by atoms with Crippen LogP contribution in [0, 0.1) is 0 Å². The van der Waals surface area contributed by atoms with E-state index in [-0.39, 0.29) is 16.9 Å². The molecule has 2 saturated heterocycles. The Hall–Kier alpha value is -2.77. The second-order valence-electron chi connectivity index (χ2n) is 8.74. The maximum Gasteiger partial charge on any atom is 0.260 e. The summed E-state index contributed by atoms with van der Waals surface area (Å²) in [4.78, 5) is 20.3. The topological polar surface area (TPSA) is 107 Å². The van der Waals surface area contributed by atoms with Crippen molar-refractivity contribution in [1.82, 2.24) is 9.29 Å². The second-order valence-corrected chi connectivity index (χ2v) is 11.7. The van der Waals surface area contributed by atoms with E-state index in [1.165, 1.54) is 27.8 Å². The molecule has 10 nitrogen and oxygen atoms in total. The lowest BCUT2D eigenvalue weighted by Gasteiger charge is -2.26. The number of benzene rings is 2. The molecule has 0 saturated carbocycles. The number of fused-ring (bicyclic) bond motifs is 1. The summed E-state index contributed by atoms with van der Waals surface area (Å²) >= 11 is 1.34. The number of carbonyl (C=O) groups excluding carboxylic acids is 1. The SMILES string of the molecule is COc1ccc(OC)c2sc(N(CC3CCCO3)C(=O)c3ccc(S(=O)(=O)N4CCOCC4)cc3)nc12. The summed E-state index contributed by atoms with van der Waals surface area (Å²) in [6.07, 6.45) is 1.67. The third kappa shape index (κ3) is 5.16. The van der Waals surface area contributed by atoms with Crippen molar-refractivity contribution in [3.8, 4) is 11.5 Å². The first-order chi connectivity index (χ1) is 17.9. The number of sulfonamides is 1. The van der Waals surface area contributed by atoms with Crippen LogP contribution in [-0.4, -0.2) is 83.4 Å². The fraction of sp³-hybridized carbons (Fsp3) is 0.440. The van der Waals surface area contributed by atoms with Crippen LogP contribution in [-0.2, 0) is 19.5 Å². The number of rotatable bonds is 8. The van der Waals surface area contributed by atoms with Crippen molar-refractivity contribution < 1.29 is 32.2 Å².